The molecule has 1 heteroatoms. The second-order valence-corrected chi connectivity index (χ2v) is 13.1. The molecule has 0 amide bonds. The Morgan fingerprint density at radius 2 is 0.721 bits per heavy atom. The fourth-order valence-electron chi connectivity index (χ4n) is 6.42. The third-order valence-corrected chi connectivity index (χ3v) is 9.01. The van der Waals surface area contributed by atoms with Gasteiger partial charge in [0.15, 0.2) is 0 Å². The van der Waals surface area contributed by atoms with Crippen LogP contribution in [0.1, 0.15) is 153 Å². The van der Waals surface area contributed by atoms with E-state index >= 15 is 0 Å². The zero-order valence-corrected chi connectivity index (χ0v) is 28.5. The Morgan fingerprint density at radius 1 is 0.395 bits per heavy atom. The summed E-state index contributed by atoms with van der Waals surface area (Å²) in [7, 11) is 0. The molecule has 0 unspecified atom stereocenters. The van der Waals surface area contributed by atoms with Crippen molar-refractivity contribution < 1.29 is 4.48 Å². The maximum Gasteiger partial charge on any atom is 0.105 e. The Morgan fingerprint density at radius 3 is 1.09 bits per heavy atom. The number of hydrogen-bond acceptors (Lipinski definition) is 0. The van der Waals surface area contributed by atoms with Gasteiger partial charge in [0.25, 0.3) is 0 Å². The number of quaternary nitrogens is 1. The number of rotatable bonds is 28. The van der Waals surface area contributed by atoms with E-state index in [1.165, 1.54) is 153 Å². The van der Waals surface area contributed by atoms with Crippen molar-refractivity contribution in [2.24, 2.45) is 0 Å². The number of hydrogen-bond donors (Lipinski definition) is 0. The van der Waals surface area contributed by atoms with Crippen LogP contribution >= 0.6 is 0 Å². The van der Waals surface area contributed by atoms with Crippen LogP contribution in [-0.4, -0.2) is 17.6 Å². The zero-order valence-electron chi connectivity index (χ0n) is 28.5. The molecule has 2 aromatic rings. The molecule has 0 bridgehead atoms. The standard InChI is InChI=1S/C42H68N/c1-3-5-7-9-11-13-15-17-19-21-23-31-37-43(39-41-33-27-25-28-34-41,40-42-35-29-26-30-36-42)38-32-24-22-20-18-16-14-12-10-8-6-4-2/h19-22,25-30,33-36H,3-18,23-24,31-32,37-40H2,1-2H3/q+1/b21-19+,22-20+. The lowest BCUT2D eigenvalue weighted by Crippen LogP contribution is -2.48. The number of benzene rings is 2. The fourth-order valence-corrected chi connectivity index (χ4v) is 6.42. The molecule has 0 atom stereocenters. The minimum atomic E-state index is 1.12. The van der Waals surface area contributed by atoms with E-state index in [1.54, 1.807) is 0 Å². The van der Waals surface area contributed by atoms with Gasteiger partial charge in [0.1, 0.15) is 13.1 Å². The van der Waals surface area contributed by atoms with E-state index in [2.05, 4.69) is 98.8 Å². The summed E-state index contributed by atoms with van der Waals surface area (Å²) >= 11 is 0. The third-order valence-electron chi connectivity index (χ3n) is 9.01. The molecule has 2 rings (SSSR count). The van der Waals surface area contributed by atoms with Crippen LogP contribution in [0.5, 0.6) is 0 Å². The van der Waals surface area contributed by atoms with Gasteiger partial charge in [-0.1, -0.05) is 176 Å². The van der Waals surface area contributed by atoms with Gasteiger partial charge < -0.3 is 4.48 Å². The Labute approximate surface area is 268 Å². The van der Waals surface area contributed by atoms with Crippen molar-refractivity contribution in [2.45, 2.75) is 155 Å². The predicted octanol–water partition coefficient (Wildman–Crippen LogP) is 13.2. The number of unbranched alkanes of at least 4 members (excludes halogenated alkanes) is 16. The van der Waals surface area contributed by atoms with Crippen LogP contribution in [0, 0.1) is 0 Å². The van der Waals surface area contributed by atoms with E-state index < -0.39 is 0 Å². The molecule has 240 valence electrons. The van der Waals surface area contributed by atoms with Crippen molar-refractivity contribution in [3.05, 3.63) is 96.1 Å². The molecular weight excluding hydrogens is 518 g/mol. The molecule has 0 spiro atoms. The van der Waals surface area contributed by atoms with Gasteiger partial charge in [-0.15, -0.1) is 0 Å². The first-order valence-corrected chi connectivity index (χ1v) is 18.5. The lowest BCUT2D eigenvalue weighted by molar-refractivity contribution is -0.954. The molecule has 2 aromatic carbocycles. The summed E-state index contributed by atoms with van der Waals surface area (Å²) in [5.74, 6) is 0. The van der Waals surface area contributed by atoms with Crippen molar-refractivity contribution in [3.63, 3.8) is 0 Å². The zero-order chi connectivity index (χ0) is 30.5. The first kappa shape index (κ1) is 37.1. The fraction of sp³-hybridized carbons (Fsp3) is 0.619. The summed E-state index contributed by atoms with van der Waals surface area (Å²) in [5.41, 5.74) is 2.95. The summed E-state index contributed by atoms with van der Waals surface area (Å²) in [6, 6.07) is 22.5. The summed E-state index contributed by atoms with van der Waals surface area (Å²) in [6.07, 6.45) is 36.9. The van der Waals surface area contributed by atoms with Gasteiger partial charge in [-0.05, 0) is 38.5 Å². The summed E-state index contributed by atoms with van der Waals surface area (Å²) in [6.45, 7) is 9.33. The summed E-state index contributed by atoms with van der Waals surface area (Å²) in [4.78, 5) is 0. The van der Waals surface area contributed by atoms with Gasteiger partial charge in [-0.25, -0.2) is 0 Å². The molecule has 43 heavy (non-hydrogen) atoms. The maximum atomic E-state index is 2.48. The normalized spacial score (nSPS) is 12.1. The highest BCUT2D eigenvalue weighted by molar-refractivity contribution is 5.15. The average molecular weight is 587 g/mol. The van der Waals surface area contributed by atoms with Crippen molar-refractivity contribution in [3.8, 4) is 0 Å². The van der Waals surface area contributed by atoms with E-state index in [-0.39, 0.29) is 0 Å². The second kappa shape index (κ2) is 26.3. The molecule has 0 aliphatic heterocycles. The van der Waals surface area contributed by atoms with Crippen LogP contribution in [0.4, 0.5) is 0 Å². The molecule has 0 fully saturated rings. The van der Waals surface area contributed by atoms with E-state index in [9.17, 15) is 0 Å². The molecule has 0 N–H and O–H groups in total. The molecule has 0 radical (unpaired) electrons. The highest BCUT2D eigenvalue weighted by Crippen LogP contribution is 2.23. The van der Waals surface area contributed by atoms with Crippen molar-refractivity contribution in [1.82, 2.24) is 0 Å². The molecule has 0 heterocycles. The highest BCUT2D eigenvalue weighted by Gasteiger charge is 2.27. The minimum Gasteiger partial charge on any atom is -0.316 e. The smallest absolute Gasteiger partial charge is 0.105 e. The monoisotopic (exact) mass is 587 g/mol. The molecule has 0 saturated heterocycles. The number of nitrogens with zero attached hydrogens (tertiary/aromatic N) is 1. The molecular formula is C42H68N+. The Bertz CT molecular complexity index is 835. The van der Waals surface area contributed by atoms with E-state index in [0.29, 0.717) is 0 Å². The topological polar surface area (TPSA) is 0 Å². The van der Waals surface area contributed by atoms with Gasteiger partial charge in [-0.3, -0.25) is 0 Å². The van der Waals surface area contributed by atoms with Gasteiger partial charge in [0.2, 0.25) is 0 Å². The van der Waals surface area contributed by atoms with Gasteiger partial charge >= 0.3 is 0 Å². The van der Waals surface area contributed by atoms with Gasteiger partial charge in [-0.2, -0.15) is 0 Å². The first-order chi connectivity index (χ1) is 21.3. The van der Waals surface area contributed by atoms with Crippen LogP contribution in [-0.2, 0) is 13.1 Å². The van der Waals surface area contributed by atoms with Gasteiger partial charge in [0, 0.05) is 24.0 Å². The SMILES string of the molecule is CCCCCCCCC/C=C/CCC[N+](CCC/C=C/CCCCCCCCC)(Cc1ccccc1)Cc1ccccc1. The van der Waals surface area contributed by atoms with E-state index in [1.807, 2.05) is 0 Å². The van der Waals surface area contributed by atoms with Crippen LogP contribution in [0.25, 0.3) is 0 Å². The Balaban J connectivity index is 1.88. The van der Waals surface area contributed by atoms with Crippen LogP contribution in [0.3, 0.4) is 0 Å². The maximum absolute atomic E-state index is 2.48. The third kappa shape index (κ3) is 19.7. The summed E-state index contributed by atoms with van der Waals surface area (Å²) < 4.78 is 1.16. The molecule has 0 aliphatic rings. The van der Waals surface area contributed by atoms with Crippen LogP contribution < -0.4 is 0 Å². The minimum absolute atomic E-state index is 1.12. The van der Waals surface area contributed by atoms with Crippen molar-refractivity contribution in [1.29, 1.82) is 0 Å². The van der Waals surface area contributed by atoms with Crippen molar-refractivity contribution in [2.75, 3.05) is 13.1 Å². The van der Waals surface area contributed by atoms with Crippen LogP contribution in [0.2, 0.25) is 0 Å². The predicted molar refractivity (Wildman–Crippen MR) is 192 cm³/mol. The summed E-state index contributed by atoms with van der Waals surface area (Å²) in [5, 5.41) is 0. The van der Waals surface area contributed by atoms with E-state index in [0.717, 1.165) is 17.6 Å². The second-order valence-electron chi connectivity index (χ2n) is 13.1. The average Bonchev–Trinajstić information content (AvgIpc) is 3.03. The molecule has 1 nitrogen and oxygen atoms in total. The molecule has 0 saturated carbocycles. The molecule has 0 aliphatic carbocycles. The Hall–Kier alpha value is -2.12. The van der Waals surface area contributed by atoms with E-state index in [4.69, 9.17) is 0 Å². The Kier molecular flexibility index (Phi) is 22.7. The lowest BCUT2D eigenvalue weighted by Gasteiger charge is -2.39. The van der Waals surface area contributed by atoms with Crippen molar-refractivity contribution >= 4 is 0 Å². The number of allylic oxidation sites excluding steroid dienone is 4. The molecule has 0 aromatic heterocycles. The van der Waals surface area contributed by atoms with Gasteiger partial charge in [0.05, 0.1) is 13.1 Å². The first-order valence-electron chi connectivity index (χ1n) is 18.5. The lowest BCUT2D eigenvalue weighted by atomic mass is 10.1. The van der Waals surface area contributed by atoms with Crippen LogP contribution in [0.15, 0.2) is 85.0 Å². The largest absolute Gasteiger partial charge is 0.316 e. The highest BCUT2D eigenvalue weighted by atomic mass is 15.3. The quantitative estimate of drug-likeness (QED) is 0.0528.